The van der Waals surface area contributed by atoms with Gasteiger partial charge in [-0.05, 0) is 48.0 Å². The second kappa shape index (κ2) is 8.50. The van der Waals surface area contributed by atoms with Crippen molar-refractivity contribution < 1.29 is 27.2 Å². The summed E-state index contributed by atoms with van der Waals surface area (Å²) >= 11 is 1.48. The van der Waals surface area contributed by atoms with Gasteiger partial charge in [0.2, 0.25) is 5.91 Å². The Hall–Kier alpha value is -3.20. The molecule has 1 fully saturated rings. The molecule has 2 amide bonds. The van der Waals surface area contributed by atoms with Crippen molar-refractivity contribution in [2.45, 2.75) is 18.1 Å². The monoisotopic (exact) mass is 446 g/mol. The third-order valence-electron chi connectivity index (χ3n) is 4.78. The number of anilines is 1. The van der Waals surface area contributed by atoms with E-state index in [1.54, 1.807) is 47.6 Å². The number of hydrogen-bond donors (Lipinski definition) is 1. The van der Waals surface area contributed by atoms with E-state index in [0.717, 1.165) is 17.7 Å². The SMILES string of the molecule is O=C(Nc1cccc(C(F)(F)F)c1)c1ccc([C@@H]2SCC(=O)N2Cc2ccco2)cc1. The van der Waals surface area contributed by atoms with Crippen LogP contribution in [-0.4, -0.2) is 22.5 Å². The first-order valence-corrected chi connectivity index (χ1v) is 10.4. The summed E-state index contributed by atoms with van der Waals surface area (Å²) in [6.07, 6.45) is -2.93. The molecule has 2 aromatic carbocycles. The van der Waals surface area contributed by atoms with Gasteiger partial charge in [0.1, 0.15) is 11.1 Å². The van der Waals surface area contributed by atoms with Gasteiger partial charge in [-0.25, -0.2) is 0 Å². The number of furan rings is 1. The molecule has 0 unspecified atom stereocenters. The highest BCUT2D eigenvalue weighted by Gasteiger charge is 2.33. The van der Waals surface area contributed by atoms with E-state index in [4.69, 9.17) is 4.42 Å². The zero-order chi connectivity index (χ0) is 22.0. The number of alkyl halides is 3. The maximum absolute atomic E-state index is 12.9. The van der Waals surface area contributed by atoms with Crippen LogP contribution in [0.4, 0.5) is 18.9 Å². The molecule has 1 N–H and O–H groups in total. The highest BCUT2D eigenvalue weighted by atomic mass is 32.2. The van der Waals surface area contributed by atoms with Crippen molar-refractivity contribution in [3.63, 3.8) is 0 Å². The van der Waals surface area contributed by atoms with Crippen LogP contribution in [0.5, 0.6) is 0 Å². The van der Waals surface area contributed by atoms with Gasteiger partial charge in [0.15, 0.2) is 0 Å². The van der Waals surface area contributed by atoms with Gasteiger partial charge in [0.05, 0.1) is 24.1 Å². The fourth-order valence-corrected chi connectivity index (χ4v) is 4.44. The number of nitrogens with zero attached hydrogens (tertiary/aromatic N) is 1. The van der Waals surface area contributed by atoms with Crippen LogP contribution in [-0.2, 0) is 17.5 Å². The molecule has 5 nitrogen and oxygen atoms in total. The molecule has 3 aromatic rings. The largest absolute Gasteiger partial charge is 0.467 e. The van der Waals surface area contributed by atoms with Crippen molar-refractivity contribution >= 4 is 29.3 Å². The van der Waals surface area contributed by atoms with Crippen LogP contribution in [0.3, 0.4) is 0 Å². The standard InChI is InChI=1S/C22H17F3N2O3S/c23-22(24,25)16-3-1-4-17(11-16)26-20(29)14-6-8-15(9-7-14)21-27(19(28)13-31-21)12-18-5-2-10-30-18/h1-11,21H,12-13H2,(H,26,29)/t21-/m0/s1. The predicted octanol–water partition coefficient (Wildman–Crippen LogP) is 5.32. The first kappa shape index (κ1) is 21.0. The maximum Gasteiger partial charge on any atom is 0.416 e. The molecule has 0 saturated carbocycles. The average Bonchev–Trinajstić information content (AvgIpc) is 3.38. The van der Waals surface area contributed by atoms with Crippen molar-refractivity contribution in [1.82, 2.24) is 4.90 Å². The first-order chi connectivity index (χ1) is 14.8. The molecule has 2 heterocycles. The van der Waals surface area contributed by atoms with Gasteiger partial charge in [-0.15, -0.1) is 11.8 Å². The molecule has 0 radical (unpaired) electrons. The van der Waals surface area contributed by atoms with Gasteiger partial charge in [-0.1, -0.05) is 18.2 Å². The number of carbonyl (C=O) groups is 2. The van der Waals surface area contributed by atoms with E-state index in [2.05, 4.69) is 5.32 Å². The summed E-state index contributed by atoms with van der Waals surface area (Å²) in [5.41, 5.74) is 0.372. The molecule has 0 bridgehead atoms. The van der Waals surface area contributed by atoms with Crippen molar-refractivity contribution in [3.8, 4) is 0 Å². The maximum atomic E-state index is 12.9. The van der Waals surface area contributed by atoms with Gasteiger partial charge in [-0.2, -0.15) is 13.2 Å². The quantitative estimate of drug-likeness (QED) is 0.576. The summed E-state index contributed by atoms with van der Waals surface area (Å²) in [7, 11) is 0. The highest BCUT2D eigenvalue weighted by molar-refractivity contribution is 8.00. The summed E-state index contributed by atoms with van der Waals surface area (Å²) in [5, 5.41) is 2.27. The van der Waals surface area contributed by atoms with Crippen molar-refractivity contribution in [2.75, 3.05) is 11.1 Å². The predicted molar refractivity (Wildman–Crippen MR) is 110 cm³/mol. The third-order valence-corrected chi connectivity index (χ3v) is 6.04. The van der Waals surface area contributed by atoms with Crippen molar-refractivity contribution in [1.29, 1.82) is 0 Å². The lowest BCUT2D eigenvalue weighted by Crippen LogP contribution is -2.27. The molecule has 9 heteroatoms. The van der Waals surface area contributed by atoms with Crippen molar-refractivity contribution in [3.05, 3.63) is 89.4 Å². The number of hydrogen-bond acceptors (Lipinski definition) is 4. The Labute approximate surface area is 180 Å². The average molecular weight is 446 g/mol. The number of rotatable bonds is 5. The lowest BCUT2D eigenvalue weighted by molar-refractivity contribution is -0.137. The van der Waals surface area contributed by atoms with E-state index < -0.39 is 17.6 Å². The first-order valence-electron chi connectivity index (χ1n) is 9.33. The molecule has 4 rings (SSSR count). The summed E-state index contributed by atoms with van der Waals surface area (Å²) < 4.78 is 43.9. The zero-order valence-corrected chi connectivity index (χ0v) is 16.9. The number of thioether (sulfide) groups is 1. The number of carbonyl (C=O) groups excluding carboxylic acids is 2. The molecule has 1 atom stereocenters. The second-order valence-corrected chi connectivity index (χ2v) is 7.99. The van der Waals surface area contributed by atoms with E-state index in [1.165, 1.54) is 23.9 Å². The Bertz CT molecular complexity index is 1080. The smallest absolute Gasteiger partial charge is 0.416 e. The fraction of sp³-hybridized carbons (Fsp3) is 0.182. The number of nitrogens with one attached hydrogen (secondary N) is 1. The van der Waals surface area contributed by atoms with Crippen LogP contribution in [0, 0.1) is 0 Å². The number of halogens is 3. The summed E-state index contributed by atoms with van der Waals surface area (Å²) in [6.45, 7) is 0.348. The van der Waals surface area contributed by atoms with E-state index >= 15 is 0 Å². The summed E-state index contributed by atoms with van der Waals surface area (Å²) in [6, 6.07) is 14.7. The summed E-state index contributed by atoms with van der Waals surface area (Å²) in [4.78, 5) is 26.5. The minimum atomic E-state index is -4.49. The Morgan fingerprint density at radius 3 is 2.58 bits per heavy atom. The Kier molecular flexibility index (Phi) is 5.77. The van der Waals surface area contributed by atoms with E-state index in [0.29, 0.717) is 23.6 Å². The lowest BCUT2D eigenvalue weighted by atomic mass is 10.1. The topological polar surface area (TPSA) is 62.6 Å². The number of benzene rings is 2. The normalized spacial score (nSPS) is 16.5. The van der Waals surface area contributed by atoms with Gasteiger partial charge in [0.25, 0.3) is 5.91 Å². The van der Waals surface area contributed by atoms with Crippen LogP contribution < -0.4 is 5.32 Å². The Morgan fingerprint density at radius 2 is 1.90 bits per heavy atom. The van der Waals surface area contributed by atoms with E-state index in [-0.39, 0.29) is 17.0 Å². The molecule has 0 spiro atoms. The molecule has 1 saturated heterocycles. The van der Waals surface area contributed by atoms with Gasteiger partial charge < -0.3 is 14.6 Å². The number of amides is 2. The molecule has 160 valence electrons. The molecule has 1 aromatic heterocycles. The zero-order valence-electron chi connectivity index (χ0n) is 16.1. The fourth-order valence-electron chi connectivity index (χ4n) is 3.25. The molecule has 1 aliphatic heterocycles. The molecule has 0 aliphatic carbocycles. The lowest BCUT2D eigenvalue weighted by Gasteiger charge is -2.23. The van der Waals surface area contributed by atoms with Crippen LogP contribution in [0.1, 0.15) is 32.6 Å². The van der Waals surface area contributed by atoms with Gasteiger partial charge in [0, 0.05) is 11.3 Å². The highest BCUT2D eigenvalue weighted by Crippen LogP contribution is 2.39. The second-order valence-electron chi connectivity index (χ2n) is 6.92. The molecule has 1 aliphatic rings. The van der Waals surface area contributed by atoms with Crippen LogP contribution in [0.2, 0.25) is 0 Å². The van der Waals surface area contributed by atoms with Gasteiger partial charge >= 0.3 is 6.18 Å². The van der Waals surface area contributed by atoms with E-state index in [9.17, 15) is 22.8 Å². The molecular formula is C22H17F3N2O3S. The van der Waals surface area contributed by atoms with Crippen molar-refractivity contribution in [2.24, 2.45) is 0 Å². The van der Waals surface area contributed by atoms with E-state index in [1.807, 2.05) is 0 Å². The van der Waals surface area contributed by atoms with Crippen LogP contribution >= 0.6 is 11.8 Å². The summed E-state index contributed by atoms with van der Waals surface area (Å²) in [5.74, 6) is 0.507. The van der Waals surface area contributed by atoms with Crippen LogP contribution in [0.25, 0.3) is 0 Å². The minimum absolute atomic E-state index is 0.00207. The van der Waals surface area contributed by atoms with Crippen LogP contribution in [0.15, 0.2) is 71.3 Å². The third kappa shape index (κ3) is 4.77. The molecular weight excluding hydrogens is 429 g/mol. The van der Waals surface area contributed by atoms with Gasteiger partial charge in [-0.3, -0.25) is 9.59 Å². The Morgan fingerprint density at radius 1 is 1.13 bits per heavy atom. The Balaban J connectivity index is 1.46. The molecule has 31 heavy (non-hydrogen) atoms. The minimum Gasteiger partial charge on any atom is -0.467 e.